The molecule has 0 radical (unpaired) electrons. The topological polar surface area (TPSA) is 105 Å². The maximum absolute atomic E-state index is 11.8. The van der Waals surface area contributed by atoms with Crippen molar-refractivity contribution in [3.8, 4) is 0 Å². The zero-order valence-corrected chi connectivity index (χ0v) is 26.9. The second-order valence-corrected chi connectivity index (χ2v) is 13.6. The molecule has 3 saturated heterocycles. The van der Waals surface area contributed by atoms with Gasteiger partial charge in [-0.3, -0.25) is 4.79 Å². The van der Waals surface area contributed by atoms with E-state index in [1.54, 1.807) is 6.92 Å². The van der Waals surface area contributed by atoms with Crippen LogP contribution in [0.2, 0.25) is 0 Å². The number of rotatable bonds is 23. The summed E-state index contributed by atoms with van der Waals surface area (Å²) < 4.78 is 17.7. The Kier molecular flexibility index (Phi) is 17.3. The minimum absolute atomic E-state index is 0.0518. The number of aliphatic hydroxyl groups excluding tert-OH is 3. The van der Waals surface area contributed by atoms with Crippen LogP contribution < -0.4 is 0 Å². The van der Waals surface area contributed by atoms with Gasteiger partial charge in [-0.1, -0.05) is 110 Å². The molecule has 9 atom stereocenters. The molecule has 0 amide bonds. The first-order chi connectivity index (χ1) is 20.4. The predicted octanol–water partition coefficient (Wildman–Crippen LogP) is 7.16. The third kappa shape index (κ3) is 12.3. The molecular weight excluding hydrogens is 532 g/mol. The van der Waals surface area contributed by atoms with Crippen LogP contribution in [0.4, 0.5) is 0 Å². The Morgan fingerprint density at radius 3 is 1.52 bits per heavy atom. The van der Waals surface area contributed by atoms with Gasteiger partial charge in [-0.15, -0.1) is 0 Å². The maximum atomic E-state index is 11.8. The summed E-state index contributed by atoms with van der Waals surface area (Å²) in [6, 6.07) is 0. The third-order valence-corrected chi connectivity index (χ3v) is 10.1. The summed E-state index contributed by atoms with van der Waals surface area (Å²) in [7, 11) is 0. The fourth-order valence-corrected chi connectivity index (χ4v) is 7.22. The lowest BCUT2D eigenvalue weighted by molar-refractivity contribution is -0.143. The van der Waals surface area contributed by atoms with Crippen LogP contribution in [0.3, 0.4) is 0 Å². The zero-order valence-electron chi connectivity index (χ0n) is 26.9. The number of hydrogen-bond acceptors (Lipinski definition) is 7. The summed E-state index contributed by atoms with van der Waals surface area (Å²) in [6.07, 6.45) is 23.4. The van der Waals surface area contributed by atoms with E-state index >= 15 is 0 Å². The lowest BCUT2D eigenvalue weighted by Gasteiger charge is -2.24. The number of unbranched alkanes of at least 4 members (excludes halogenated alkanes) is 14. The van der Waals surface area contributed by atoms with Crippen LogP contribution in [0.5, 0.6) is 0 Å². The molecule has 246 valence electrons. The highest BCUT2D eigenvalue weighted by atomic mass is 16.6. The Bertz CT molecular complexity index is 717. The van der Waals surface area contributed by atoms with E-state index in [0.717, 1.165) is 83.5 Å². The number of aliphatic hydroxyl groups is 3. The quantitative estimate of drug-likeness (QED) is 0.0849. The number of carbonyl (C=O) groups excluding carboxylic acids is 1. The van der Waals surface area contributed by atoms with Gasteiger partial charge < -0.3 is 29.5 Å². The number of hydrogen-bond donors (Lipinski definition) is 3. The first-order valence-electron chi connectivity index (χ1n) is 18.0. The first-order valence-corrected chi connectivity index (χ1v) is 18.0. The molecule has 3 aliphatic heterocycles. The van der Waals surface area contributed by atoms with Crippen LogP contribution in [0, 0.1) is 5.92 Å². The summed E-state index contributed by atoms with van der Waals surface area (Å²) in [4.78, 5) is 11.8. The van der Waals surface area contributed by atoms with E-state index in [4.69, 9.17) is 14.2 Å². The minimum Gasteiger partial charge on any atom is -0.460 e. The second kappa shape index (κ2) is 20.3. The summed E-state index contributed by atoms with van der Waals surface area (Å²) in [5.41, 5.74) is 0. The Hall–Kier alpha value is -0.730. The highest BCUT2D eigenvalue weighted by Crippen LogP contribution is 2.35. The van der Waals surface area contributed by atoms with Crippen molar-refractivity contribution < 1.29 is 34.3 Å². The van der Waals surface area contributed by atoms with Gasteiger partial charge in [0.2, 0.25) is 0 Å². The average molecular weight is 597 g/mol. The number of ether oxygens (including phenoxy) is 3. The van der Waals surface area contributed by atoms with Crippen LogP contribution in [-0.4, -0.2) is 70.1 Å². The number of esters is 1. The Morgan fingerprint density at radius 2 is 1.10 bits per heavy atom. The van der Waals surface area contributed by atoms with Gasteiger partial charge in [0.05, 0.1) is 42.5 Å². The molecular formula is C35H64O7. The molecule has 0 unspecified atom stereocenters. The fourth-order valence-electron chi connectivity index (χ4n) is 7.22. The van der Waals surface area contributed by atoms with Gasteiger partial charge >= 0.3 is 5.97 Å². The molecule has 42 heavy (non-hydrogen) atoms. The van der Waals surface area contributed by atoms with Crippen molar-refractivity contribution in [2.75, 3.05) is 0 Å². The highest BCUT2D eigenvalue weighted by Gasteiger charge is 2.41. The van der Waals surface area contributed by atoms with Gasteiger partial charge in [0, 0.05) is 0 Å². The zero-order chi connectivity index (χ0) is 30.2. The minimum atomic E-state index is -0.648. The summed E-state index contributed by atoms with van der Waals surface area (Å²) in [5, 5.41) is 31.4. The molecule has 0 saturated carbocycles. The van der Waals surface area contributed by atoms with Gasteiger partial charge in [-0.25, -0.2) is 0 Å². The molecule has 7 nitrogen and oxygen atoms in total. The fraction of sp³-hybridized carbons (Fsp3) is 0.971. The van der Waals surface area contributed by atoms with E-state index < -0.39 is 12.2 Å². The Balaban J connectivity index is 1.14. The lowest BCUT2D eigenvalue weighted by atomic mass is 9.95. The Labute approximate surface area is 256 Å². The highest BCUT2D eigenvalue weighted by molar-refractivity contribution is 5.75. The van der Waals surface area contributed by atoms with Crippen molar-refractivity contribution in [1.82, 2.24) is 0 Å². The average Bonchev–Trinajstić information content (AvgIpc) is 3.72. The molecule has 7 heteroatoms. The summed E-state index contributed by atoms with van der Waals surface area (Å²) in [5.74, 6) is -0.578. The maximum Gasteiger partial charge on any atom is 0.312 e. The smallest absolute Gasteiger partial charge is 0.312 e. The van der Waals surface area contributed by atoms with Crippen molar-refractivity contribution in [3.05, 3.63) is 0 Å². The lowest BCUT2D eigenvalue weighted by Crippen LogP contribution is -2.33. The predicted molar refractivity (Wildman–Crippen MR) is 166 cm³/mol. The Morgan fingerprint density at radius 1 is 0.667 bits per heavy atom. The molecule has 0 aromatic heterocycles. The van der Waals surface area contributed by atoms with Gasteiger partial charge in [-0.05, 0) is 51.9 Å². The van der Waals surface area contributed by atoms with Crippen molar-refractivity contribution in [1.29, 1.82) is 0 Å². The van der Waals surface area contributed by atoms with E-state index in [2.05, 4.69) is 6.92 Å². The van der Waals surface area contributed by atoms with Crippen LogP contribution >= 0.6 is 0 Å². The first kappa shape index (κ1) is 35.7. The van der Waals surface area contributed by atoms with Crippen LogP contribution in [0.25, 0.3) is 0 Å². The van der Waals surface area contributed by atoms with E-state index in [-0.39, 0.29) is 48.5 Å². The van der Waals surface area contributed by atoms with Crippen molar-refractivity contribution >= 4 is 5.97 Å². The van der Waals surface area contributed by atoms with E-state index in [1.165, 1.54) is 64.2 Å². The standard InChI is InChI=1S/C35H64O7/c1-3-4-5-6-7-11-14-17-20-28(36)30-22-24-32(41-30)33-25-23-31(42-33)29(37)21-18-15-12-9-8-10-13-16-19-27-34(38)26(2)40-35(27)39/h26-34,36-38H,3-25H2,1-2H3/t26-,27+,28-,29+,30+,31+,32+,33+,34+/m1/s1. The van der Waals surface area contributed by atoms with E-state index in [0.29, 0.717) is 0 Å². The van der Waals surface area contributed by atoms with Crippen LogP contribution in [0.1, 0.15) is 162 Å². The number of carbonyl (C=O) groups is 1. The monoisotopic (exact) mass is 596 g/mol. The van der Waals surface area contributed by atoms with E-state index in [9.17, 15) is 20.1 Å². The third-order valence-electron chi connectivity index (χ3n) is 10.1. The summed E-state index contributed by atoms with van der Waals surface area (Å²) >= 11 is 0. The second-order valence-electron chi connectivity index (χ2n) is 13.6. The SMILES string of the molecule is CCCCCCCCCC[C@@H](O)[C@@H]1CC[C@@H]([C@@H]2CC[C@@H]([C@@H](O)CCCCCCCCCC[C@@H]3C(=O)O[C@H](C)[C@@H]3O)O2)O1. The molecule has 0 aromatic carbocycles. The largest absolute Gasteiger partial charge is 0.460 e. The van der Waals surface area contributed by atoms with Gasteiger partial charge in [-0.2, -0.15) is 0 Å². The van der Waals surface area contributed by atoms with Gasteiger partial charge in [0.25, 0.3) is 0 Å². The van der Waals surface area contributed by atoms with Gasteiger partial charge in [0.15, 0.2) is 0 Å². The molecule has 3 N–H and O–H groups in total. The number of cyclic esters (lactones) is 1. The molecule has 3 heterocycles. The van der Waals surface area contributed by atoms with Crippen molar-refractivity contribution in [3.63, 3.8) is 0 Å². The van der Waals surface area contributed by atoms with Crippen molar-refractivity contribution in [2.45, 2.75) is 210 Å². The molecule has 0 aliphatic carbocycles. The molecule has 3 fully saturated rings. The van der Waals surface area contributed by atoms with Crippen LogP contribution in [-0.2, 0) is 19.0 Å². The van der Waals surface area contributed by atoms with Gasteiger partial charge in [0.1, 0.15) is 12.2 Å². The summed E-state index contributed by atoms with van der Waals surface area (Å²) in [6.45, 7) is 4.01. The van der Waals surface area contributed by atoms with E-state index in [1.807, 2.05) is 0 Å². The normalized spacial score (nSPS) is 31.1. The molecule has 3 rings (SSSR count). The van der Waals surface area contributed by atoms with Crippen molar-refractivity contribution in [2.24, 2.45) is 5.92 Å². The molecule has 3 aliphatic rings. The molecule has 0 aromatic rings. The molecule has 0 bridgehead atoms. The van der Waals surface area contributed by atoms with Crippen LogP contribution in [0.15, 0.2) is 0 Å². The molecule has 0 spiro atoms.